The van der Waals surface area contributed by atoms with E-state index in [4.69, 9.17) is 28.9 Å². The van der Waals surface area contributed by atoms with Crippen molar-refractivity contribution in [2.24, 2.45) is 22.9 Å². The van der Waals surface area contributed by atoms with Gasteiger partial charge in [0.1, 0.15) is 18.1 Å². The summed E-state index contributed by atoms with van der Waals surface area (Å²) in [4.78, 5) is 9.74. The minimum atomic E-state index is -1.02. The molecule has 3 aliphatic heterocycles. The molecule has 0 radical (unpaired) electrons. The molecule has 3 heterocycles. The summed E-state index contributed by atoms with van der Waals surface area (Å²) in [5.74, 6) is 0.964. The van der Waals surface area contributed by atoms with Crippen LogP contribution in [0.25, 0.3) is 0 Å². The van der Waals surface area contributed by atoms with Crippen LogP contribution in [0.2, 0.25) is 0 Å². The summed E-state index contributed by atoms with van der Waals surface area (Å²) >= 11 is 1.77. The molecule has 2 N–H and O–H groups in total. The van der Waals surface area contributed by atoms with Crippen molar-refractivity contribution >= 4 is 17.5 Å². The van der Waals surface area contributed by atoms with E-state index < -0.39 is 5.79 Å². The summed E-state index contributed by atoms with van der Waals surface area (Å²) < 4.78 is 26.7. The minimum Gasteiger partial charge on any atom is -0.492 e. The first-order valence-electron chi connectivity index (χ1n) is 19.6. The maximum absolute atomic E-state index is 9.88. The molecule has 2 aromatic rings. The third-order valence-corrected chi connectivity index (χ3v) is 12.6. The van der Waals surface area contributed by atoms with E-state index in [1.54, 1.807) is 11.8 Å². The molecular formula is C42H56N2O7S. The summed E-state index contributed by atoms with van der Waals surface area (Å²) in [6, 6.07) is 16.8. The lowest BCUT2D eigenvalue weighted by molar-refractivity contribution is -0.223. The largest absolute Gasteiger partial charge is 0.492 e. The van der Waals surface area contributed by atoms with Crippen molar-refractivity contribution in [1.82, 2.24) is 4.90 Å². The van der Waals surface area contributed by atoms with Gasteiger partial charge in [-0.25, -0.2) is 0 Å². The van der Waals surface area contributed by atoms with Gasteiger partial charge in [0.05, 0.1) is 30.1 Å². The zero-order valence-corrected chi connectivity index (χ0v) is 31.2. The summed E-state index contributed by atoms with van der Waals surface area (Å²) in [6.07, 6.45) is 12.7. The number of rotatable bonds is 19. The Kier molecular flexibility index (Phi) is 12.9. The van der Waals surface area contributed by atoms with Gasteiger partial charge in [0, 0.05) is 62.1 Å². The number of oxime groups is 1. The van der Waals surface area contributed by atoms with Gasteiger partial charge >= 0.3 is 0 Å². The Morgan fingerprint density at radius 3 is 2.60 bits per heavy atom. The third kappa shape index (κ3) is 8.58. The lowest BCUT2D eigenvalue weighted by Gasteiger charge is -2.58. The average molecular weight is 733 g/mol. The van der Waals surface area contributed by atoms with Crippen LogP contribution in [-0.4, -0.2) is 90.8 Å². The standard InChI is InChI=1S/C42H56N2O7S/c1-2-24-49-42-38(52-32-13-4-3-5-14-32)29-36(43-51-39-16-8-11-25-48-39)34-27-30(12-6-9-22-45)33(15-7-10-23-46)40(41(34)42)35-28-31(17-18-37(35)50-42)47-26-21-44-19-20-44/h2-5,13-14,17-18,27-28,30,33,38-41,45-46H,1,6-12,15-16,19-26,29H2/t30-,33+,38-,39?,40+,41+,42+/m0/s1. The van der Waals surface area contributed by atoms with Gasteiger partial charge in [-0.05, 0) is 86.3 Å². The second kappa shape index (κ2) is 18.0. The second-order valence-electron chi connectivity index (χ2n) is 14.8. The highest BCUT2D eigenvalue weighted by atomic mass is 32.2. The molecule has 7 rings (SSSR count). The number of aliphatic hydroxyl groups excluding tert-OH is 2. The van der Waals surface area contributed by atoms with Gasteiger partial charge in [0.15, 0.2) is 0 Å². The van der Waals surface area contributed by atoms with E-state index in [9.17, 15) is 10.2 Å². The number of hydrogen-bond acceptors (Lipinski definition) is 10. The van der Waals surface area contributed by atoms with Gasteiger partial charge < -0.3 is 34.0 Å². The first kappa shape index (κ1) is 37.5. The minimum absolute atomic E-state index is 0.0254. The number of aliphatic hydroxyl groups is 2. The Hall–Kier alpha value is -2.86. The normalized spacial score (nSPS) is 30.1. The van der Waals surface area contributed by atoms with E-state index in [0.29, 0.717) is 26.2 Å². The van der Waals surface area contributed by atoms with Crippen molar-refractivity contribution in [3.05, 3.63) is 78.4 Å². The molecule has 2 saturated heterocycles. The Bertz CT molecular complexity index is 1530. The van der Waals surface area contributed by atoms with Crippen LogP contribution in [0.5, 0.6) is 11.5 Å². The van der Waals surface area contributed by atoms with Crippen molar-refractivity contribution in [2.75, 3.05) is 52.7 Å². The van der Waals surface area contributed by atoms with Gasteiger partial charge in [0.2, 0.25) is 12.1 Å². The highest BCUT2D eigenvalue weighted by Crippen LogP contribution is 2.63. The SMILES string of the molecule is C=CCO[C@@]12Oc3ccc(OCCN4CC4)cc3[C@H]3[C@H](CCCCO)[C@@H](CCCCO)C=C(C(=NOC4CCCCO4)C[C@@H]1Sc1ccccc1)[C@H]32. The molecule has 282 valence electrons. The fraction of sp³-hybridized carbons (Fsp3) is 0.595. The second-order valence-corrected chi connectivity index (χ2v) is 16.0. The summed E-state index contributed by atoms with van der Waals surface area (Å²) in [5.41, 5.74) is 3.19. The van der Waals surface area contributed by atoms with Crippen LogP contribution in [0.3, 0.4) is 0 Å². The molecule has 7 atom stereocenters. The first-order valence-corrected chi connectivity index (χ1v) is 20.4. The van der Waals surface area contributed by atoms with Crippen molar-refractivity contribution in [3.8, 4) is 11.5 Å². The monoisotopic (exact) mass is 732 g/mol. The molecule has 1 saturated carbocycles. The maximum Gasteiger partial charge on any atom is 0.231 e. The van der Waals surface area contributed by atoms with Crippen LogP contribution < -0.4 is 9.47 Å². The lowest BCUT2D eigenvalue weighted by atomic mass is 9.56. The molecule has 1 unspecified atom stereocenters. The molecule has 0 bridgehead atoms. The van der Waals surface area contributed by atoms with E-state index in [2.05, 4.69) is 54.0 Å². The van der Waals surface area contributed by atoms with Crippen molar-refractivity contribution in [1.29, 1.82) is 0 Å². The van der Waals surface area contributed by atoms with Crippen LogP contribution in [0.1, 0.15) is 75.7 Å². The fourth-order valence-electron chi connectivity index (χ4n) is 8.68. The predicted octanol–water partition coefficient (Wildman–Crippen LogP) is 7.33. The summed E-state index contributed by atoms with van der Waals surface area (Å²) in [6.45, 7) is 9.27. The molecule has 9 nitrogen and oxygen atoms in total. The molecule has 0 spiro atoms. The number of ether oxygens (including phenoxy) is 4. The molecule has 2 aromatic carbocycles. The van der Waals surface area contributed by atoms with Crippen LogP contribution in [0, 0.1) is 17.8 Å². The number of allylic oxidation sites excluding steroid dienone is 1. The number of nitrogens with zero attached hydrogens (tertiary/aromatic N) is 2. The number of benzene rings is 2. The quantitative estimate of drug-likeness (QED) is 0.0666. The number of unbranched alkanes of at least 4 members (excludes halogenated alkanes) is 2. The first-order chi connectivity index (χ1) is 25.6. The smallest absolute Gasteiger partial charge is 0.231 e. The van der Waals surface area contributed by atoms with Crippen LogP contribution in [0.4, 0.5) is 0 Å². The zero-order valence-electron chi connectivity index (χ0n) is 30.4. The zero-order chi connectivity index (χ0) is 35.8. The Morgan fingerprint density at radius 1 is 1.02 bits per heavy atom. The van der Waals surface area contributed by atoms with E-state index in [-0.39, 0.29) is 48.4 Å². The van der Waals surface area contributed by atoms with E-state index >= 15 is 0 Å². The molecule has 0 amide bonds. The number of hydrogen-bond donors (Lipinski definition) is 2. The van der Waals surface area contributed by atoms with Gasteiger partial charge in [-0.3, -0.25) is 4.90 Å². The highest BCUT2D eigenvalue weighted by Gasteiger charge is 2.64. The van der Waals surface area contributed by atoms with E-state index in [0.717, 1.165) is 111 Å². The highest BCUT2D eigenvalue weighted by molar-refractivity contribution is 8.00. The molecule has 10 heteroatoms. The summed E-state index contributed by atoms with van der Waals surface area (Å²) in [5, 5.41) is 24.5. The van der Waals surface area contributed by atoms with Gasteiger partial charge in [-0.2, -0.15) is 0 Å². The maximum atomic E-state index is 9.88. The van der Waals surface area contributed by atoms with Gasteiger partial charge in [-0.15, -0.1) is 18.3 Å². The molecular weight excluding hydrogens is 677 g/mol. The molecule has 2 aliphatic carbocycles. The van der Waals surface area contributed by atoms with Crippen molar-refractivity contribution < 1.29 is 34.0 Å². The predicted molar refractivity (Wildman–Crippen MR) is 204 cm³/mol. The van der Waals surface area contributed by atoms with Gasteiger partial charge in [-0.1, -0.05) is 48.3 Å². The lowest BCUT2D eigenvalue weighted by Crippen LogP contribution is -2.64. The molecule has 3 fully saturated rings. The fourth-order valence-corrected chi connectivity index (χ4v) is 9.99. The van der Waals surface area contributed by atoms with Crippen LogP contribution in [0.15, 0.2) is 82.9 Å². The van der Waals surface area contributed by atoms with Crippen LogP contribution >= 0.6 is 11.8 Å². The third-order valence-electron chi connectivity index (χ3n) is 11.3. The summed E-state index contributed by atoms with van der Waals surface area (Å²) in [7, 11) is 0. The van der Waals surface area contributed by atoms with Crippen LogP contribution in [-0.2, 0) is 14.3 Å². The Balaban J connectivity index is 1.37. The van der Waals surface area contributed by atoms with E-state index in [1.165, 1.54) is 0 Å². The molecule has 0 aromatic heterocycles. The Labute approximate surface area is 313 Å². The number of thioether (sulfide) groups is 1. The molecule has 52 heavy (non-hydrogen) atoms. The number of fused-ring (bicyclic) bond motifs is 2. The van der Waals surface area contributed by atoms with E-state index in [1.807, 2.05) is 18.2 Å². The topological polar surface area (TPSA) is 102 Å². The molecule has 5 aliphatic rings. The van der Waals surface area contributed by atoms with Gasteiger partial charge in [0.25, 0.3) is 0 Å². The van der Waals surface area contributed by atoms with Crippen molar-refractivity contribution in [3.63, 3.8) is 0 Å². The Morgan fingerprint density at radius 2 is 1.85 bits per heavy atom. The average Bonchev–Trinajstić information content (AvgIpc) is 4.01. The van der Waals surface area contributed by atoms with Crippen molar-refractivity contribution in [2.45, 2.75) is 92.3 Å².